The van der Waals surface area contributed by atoms with E-state index < -0.39 is 23.3 Å². The van der Waals surface area contributed by atoms with Crippen LogP contribution in [0.1, 0.15) is 60.1 Å². The molecule has 0 unspecified atom stereocenters. The summed E-state index contributed by atoms with van der Waals surface area (Å²) in [6.07, 6.45) is -3.32. The first-order valence-corrected chi connectivity index (χ1v) is 9.54. The van der Waals surface area contributed by atoms with Gasteiger partial charge in [-0.1, -0.05) is 39.0 Å². The molecule has 8 heteroatoms. The average molecular weight is 410 g/mol. The third-order valence-corrected chi connectivity index (χ3v) is 4.54. The van der Waals surface area contributed by atoms with Gasteiger partial charge >= 0.3 is 11.9 Å². The summed E-state index contributed by atoms with van der Waals surface area (Å²) >= 11 is 0. The number of carbonyl (C=O) groups excluding carboxylic acids is 1. The number of para-hydroxylation sites is 1. The Hall–Kier alpha value is -2.77. The first-order chi connectivity index (χ1) is 13.6. The Kier molecular flexibility index (Phi) is 7.11. The molecule has 2 rings (SSSR count). The standard InChI is InChI=1S/C21H25F3N2O3/c1-5-11-29-16-12-13(4)26(28)19(21(22,23)24)17(16)20(27)25-18-14(6-2)9-8-10-15(18)7-3/h8-10,12H,5-7,11H2,1-4H3,(H,25,27). The second-order valence-electron chi connectivity index (χ2n) is 6.63. The van der Waals surface area contributed by atoms with Crippen LogP contribution in [0.15, 0.2) is 24.3 Å². The van der Waals surface area contributed by atoms with Crippen LogP contribution in [0.3, 0.4) is 0 Å². The van der Waals surface area contributed by atoms with Gasteiger partial charge in [-0.15, -0.1) is 0 Å². The molecule has 0 aliphatic carbocycles. The van der Waals surface area contributed by atoms with Gasteiger partial charge < -0.3 is 15.3 Å². The number of hydrogen-bond acceptors (Lipinski definition) is 3. The van der Waals surface area contributed by atoms with E-state index in [0.717, 1.165) is 11.1 Å². The lowest BCUT2D eigenvalue weighted by molar-refractivity contribution is -0.635. The van der Waals surface area contributed by atoms with Gasteiger partial charge in [0.1, 0.15) is 5.75 Å². The lowest BCUT2D eigenvalue weighted by Gasteiger charge is -2.19. The van der Waals surface area contributed by atoms with Gasteiger partial charge in [0.15, 0.2) is 11.3 Å². The minimum absolute atomic E-state index is 0.117. The highest BCUT2D eigenvalue weighted by molar-refractivity contribution is 6.07. The molecular formula is C21H25F3N2O3. The number of nitrogens with one attached hydrogen (secondary N) is 1. The summed E-state index contributed by atoms with van der Waals surface area (Å²) in [5.41, 5.74) is -0.528. The van der Waals surface area contributed by atoms with Crippen molar-refractivity contribution in [2.45, 2.75) is 53.1 Å². The normalized spacial score (nSPS) is 11.4. The van der Waals surface area contributed by atoms with Crippen molar-refractivity contribution < 1.29 is 27.4 Å². The SMILES string of the molecule is CCCOc1cc(C)[n+]([O-])c(C(F)(F)F)c1C(=O)Nc1c(CC)cccc1CC. The summed E-state index contributed by atoms with van der Waals surface area (Å²) in [5, 5.41) is 14.8. The van der Waals surface area contributed by atoms with E-state index in [4.69, 9.17) is 4.74 Å². The number of amides is 1. The molecule has 1 N–H and O–H groups in total. The number of aromatic nitrogens is 1. The topological polar surface area (TPSA) is 65.3 Å². The van der Waals surface area contributed by atoms with Crippen molar-refractivity contribution in [3.63, 3.8) is 0 Å². The Balaban J connectivity index is 2.66. The molecule has 158 valence electrons. The summed E-state index contributed by atoms with van der Waals surface area (Å²) in [6.45, 7) is 6.92. The van der Waals surface area contributed by atoms with Crippen LogP contribution < -0.4 is 14.8 Å². The molecule has 0 fully saturated rings. The third kappa shape index (κ3) is 4.81. The highest BCUT2D eigenvalue weighted by Crippen LogP contribution is 2.35. The quantitative estimate of drug-likeness (QED) is 0.526. The number of hydrogen-bond donors (Lipinski definition) is 1. The smallest absolute Gasteiger partial charge is 0.479 e. The van der Waals surface area contributed by atoms with Crippen molar-refractivity contribution in [3.05, 3.63) is 57.6 Å². The number of ether oxygens (including phenoxy) is 1. The Labute approximate surface area is 168 Å². The maximum absolute atomic E-state index is 13.7. The Morgan fingerprint density at radius 3 is 2.24 bits per heavy atom. The molecule has 2 aromatic rings. The summed E-state index contributed by atoms with van der Waals surface area (Å²) in [6, 6.07) is 6.61. The van der Waals surface area contributed by atoms with Gasteiger partial charge in [-0.05, 0) is 30.4 Å². The molecule has 0 radical (unpaired) electrons. The van der Waals surface area contributed by atoms with E-state index in [2.05, 4.69) is 5.32 Å². The van der Waals surface area contributed by atoms with Gasteiger partial charge in [-0.2, -0.15) is 17.9 Å². The number of rotatable bonds is 7. The van der Waals surface area contributed by atoms with E-state index in [1.807, 2.05) is 19.9 Å². The fraction of sp³-hybridized carbons (Fsp3) is 0.429. The first kappa shape index (κ1) is 22.5. The monoisotopic (exact) mass is 410 g/mol. The molecule has 0 atom stereocenters. The van der Waals surface area contributed by atoms with Crippen molar-refractivity contribution in [1.82, 2.24) is 0 Å². The van der Waals surface area contributed by atoms with Gasteiger partial charge in [0.2, 0.25) is 0 Å². The number of anilines is 1. The van der Waals surface area contributed by atoms with Crippen molar-refractivity contribution in [2.24, 2.45) is 0 Å². The third-order valence-electron chi connectivity index (χ3n) is 4.54. The van der Waals surface area contributed by atoms with Crippen LogP contribution >= 0.6 is 0 Å². The van der Waals surface area contributed by atoms with Gasteiger partial charge in [0.25, 0.3) is 5.91 Å². The molecule has 0 saturated heterocycles. The Morgan fingerprint density at radius 1 is 1.17 bits per heavy atom. The van der Waals surface area contributed by atoms with Crippen LogP contribution in [0.2, 0.25) is 0 Å². The maximum atomic E-state index is 13.7. The van der Waals surface area contributed by atoms with Crippen LogP contribution in [0.25, 0.3) is 0 Å². The van der Waals surface area contributed by atoms with E-state index in [0.29, 0.717) is 24.9 Å². The first-order valence-electron chi connectivity index (χ1n) is 9.54. The molecule has 0 saturated carbocycles. The summed E-state index contributed by atoms with van der Waals surface area (Å²) < 4.78 is 46.3. The second-order valence-corrected chi connectivity index (χ2v) is 6.63. The predicted molar refractivity (Wildman–Crippen MR) is 104 cm³/mol. The van der Waals surface area contributed by atoms with Crippen LogP contribution in [-0.4, -0.2) is 12.5 Å². The van der Waals surface area contributed by atoms with Crippen LogP contribution in [0.5, 0.6) is 5.75 Å². The number of benzene rings is 1. The molecule has 29 heavy (non-hydrogen) atoms. The molecule has 0 aliphatic heterocycles. The zero-order valence-corrected chi connectivity index (χ0v) is 16.9. The van der Waals surface area contributed by atoms with Crippen LogP contribution in [0, 0.1) is 12.1 Å². The molecule has 5 nitrogen and oxygen atoms in total. The molecule has 1 amide bonds. The minimum atomic E-state index is -5.03. The zero-order chi connectivity index (χ0) is 21.8. The second kappa shape index (κ2) is 9.15. The molecule has 0 bridgehead atoms. The maximum Gasteiger partial charge on any atom is 0.479 e. The van der Waals surface area contributed by atoms with Crippen molar-refractivity contribution >= 4 is 11.6 Å². The fourth-order valence-corrected chi connectivity index (χ4v) is 3.10. The molecule has 1 heterocycles. The van der Waals surface area contributed by atoms with Gasteiger partial charge in [0.05, 0.1) is 6.61 Å². The van der Waals surface area contributed by atoms with Crippen LogP contribution in [-0.2, 0) is 19.0 Å². The summed E-state index contributed by atoms with van der Waals surface area (Å²) in [7, 11) is 0. The van der Waals surface area contributed by atoms with Gasteiger partial charge in [-0.3, -0.25) is 4.79 Å². The van der Waals surface area contributed by atoms with Crippen LogP contribution in [0.4, 0.5) is 18.9 Å². The number of nitrogens with zero attached hydrogens (tertiary/aromatic N) is 1. The van der Waals surface area contributed by atoms with Crippen molar-refractivity contribution in [1.29, 1.82) is 0 Å². The molecule has 1 aromatic heterocycles. The largest absolute Gasteiger partial charge is 0.618 e. The Bertz CT molecular complexity index is 873. The predicted octanol–water partition coefficient (Wildman–Crippen LogP) is 4.81. The van der Waals surface area contributed by atoms with E-state index in [9.17, 15) is 23.2 Å². The molecular weight excluding hydrogens is 385 g/mol. The highest BCUT2D eigenvalue weighted by Gasteiger charge is 2.47. The lowest BCUT2D eigenvalue weighted by Crippen LogP contribution is -2.42. The summed E-state index contributed by atoms with van der Waals surface area (Å²) in [4.78, 5) is 13.0. The zero-order valence-electron chi connectivity index (χ0n) is 16.9. The van der Waals surface area contributed by atoms with E-state index in [1.54, 1.807) is 19.1 Å². The lowest BCUT2D eigenvalue weighted by atomic mass is 10.0. The average Bonchev–Trinajstić information content (AvgIpc) is 2.67. The number of halogens is 3. The highest BCUT2D eigenvalue weighted by atomic mass is 19.4. The number of pyridine rings is 1. The van der Waals surface area contributed by atoms with Gasteiger partial charge in [-0.25, -0.2) is 0 Å². The molecule has 0 spiro atoms. The number of aryl methyl sites for hydroxylation is 3. The Morgan fingerprint density at radius 2 is 1.76 bits per heavy atom. The van der Waals surface area contributed by atoms with E-state index >= 15 is 0 Å². The van der Waals surface area contributed by atoms with Gasteiger partial charge in [0, 0.05) is 18.7 Å². The van der Waals surface area contributed by atoms with E-state index in [1.165, 1.54) is 13.0 Å². The van der Waals surface area contributed by atoms with Crippen molar-refractivity contribution in [2.75, 3.05) is 11.9 Å². The van der Waals surface area contributed by atoms with E-state index in [-0.39, 0.29) is 22.8 Å². The summed E-state index contributed by atoms with van der Waals surface area (Å²) in [5.74, 6) is -1.28. The minimum Gasteiger partial charge on any atom is -0.618 e. The van der Waals surface area contributed by atoms with Crippen molar-refractivity contribution in [3.8, 4) is 5.75 Å². The number of alkyl halides is 3. The molecule has 0 aliphatic rings. The molecule has 1 aromatic carbocycles. The fourth-order valence-electron chi connectivity index (χ4n) is 3.10. The number of carbonyl (C=O) groups is 1.